The molecule has 7 aromatic rings. The van der Waals surface area contributed by atoms with Crippen molar-refractivity contribution in [2.75, 3.05) is 4.90 Å². The molecule has 8 rings (SSSR count). The van der Waals surface area contributed by atoms with Gasteiger partial charge in [-0.05, 0) is 60.7 Å². The lowest BCUT2D eigenvalue weighted by molar-refractivity contribution is 0.477. The second-order valence-corrected chi connectivity index (χ2v) is 8.62. The van der Waals surface area contributed by atoms with Crippen molar-refractivity contribution in [3.05, 3.63) is 103 Å². The first-order chi connectivity index (χ1) is 17.9. The van der Waals surface area contributed by atoms with Gasteiger partial charge in [-0.25, -0.2) is 0 Å². The molecule has 8 heteroatoms. The maximum absolute atomic E-state index is 6.15. The Kier molecular flexibility index (Phi) is 3.78. The normalized spacial score (nSPS) is 12.6. The van der Waals surface area contributed by atoms with Crippen LogP contribution in [-0.2, 0) is 0 Å². The minimum absolute atomic E-state index is 0.668. The van der Waals surface area contributed by atoms with Crippen molar-refractivity contribution in [2.45, 2.75) is 0 Å². The third kappa shape index (κ3) is 2.58. The Bertz CT molecular complexity index is 1890. The molecule has 0 atom stereocenters. The van der Waals surface area contributed by atoms with E-state index in [1.54, 1.807) is 6.33 Å². The molecule has 3 aromatic heterocycles. The van der Waals surface area contributed by atoms with E-state index in [1.807, 2.05) is 63.4 Å². The van der Waals surface area contributed by atoms with Crippen LogP contribution in [-0.4, -0.2) is 29.2 Å². The van der Waals surface area contributed by atoms with Gasteiger partial charge < -0.3 is 9.64 Å². The Morgan fingerprint density at radius 1 is 0.583 bits per heavy atom. The predicted octanol–water partition coefficient (Wildman–Crippen LogP) is 6.17. The number of benzene rings is 4. The van der Waals surface area contributed by atoms with E-state index in [0.717, 1.165) is 51.0 Å². The number of nitrogens with zero attached hydrogens (tertiary/aromatic N) is 7. The van der Waals surface area contributed by atoms with Gasteiger partial charge in [0.05, 0.1) is 22.4 Å². The molecule has 1 aliphatic rings. The van der Waals surface area contributed by atoms with E-state index in [-0.39, 0.29) is 0 Å². The highest BCUT2D eigenvalue weighted by molar-refractivity contribution is 5.89. The first-order valence-corrected chi connectivity index (χ1v) is 11.6. The van der Waals surface area contributed by atoms with E-state index in [9.17, 15) is 0 Å². The minimum atomic E-state index is 0.668. The zero-order chi connectivity index (χ0) is 23.6. The van der Waals surface area contributed by atoms with Crippen LogP contribution < -0.4 is 9.64 Å². The lowest BCUT2D eigenvalue weighted by atomic mass is 10.1. The summed E-state index contributed by atoms with van der Waals surface area (Å²) in [6, 6.07) is 32.6. The summed E-state index contributed by atoms with van der Waals surface area (Å²) in [7, 11) is 0. The van der Waals surface area contributed by atoms with E-state index in [0.29, 0.717) is 11.3 Å². The van der Waals surface area contributed by atoms with Crippen LogP contribution in [0.4, 0.5) is 17.1 Å². The summed E-state index contributed by atoms with van der Waals surface area (Å²) in [6.07, 6.45) is 1.71. The van der Waals surface area contributed by atoms with E-state index >= 15 is 0 Å². The summed E-state index contributed by atoms with van der Waals surface area (Å²) in [6.45, 7) is 0. The molecule has 4 aromatic carbocycles. The smallest absolute Gasteiger partial charge is 0.207 e. The molecule has 0 saturated carbocycles. The van der Waals surface area contributed by atoms with Crippen LogP contribution in [0.5, 0.6) is 11.5 Å². The molecule has 0 aliphatic carbocycles. The Labute approximate surface area is 204 Å². The fraction of sp³-hybridized carbons (Fsp3) is 0. The van der Waals surface area contributed by atoms with Crippen molar-refractivity contribution in [3.63, 3.8) is 0 Å². The van der Waals surface area contributed by atoms with Crippen molar-refractivity contribution in [3.8, 4) is 22.9 Å². The molecule has 0 amide bonds. The molecule has 170 valence electrons. The van der Waals surface area contributed by atoms with Crippen LogP contribution in [0.25, 0.3) is 33.7 Å². The van der Waals surface area contributed by atoms with Crippen molar-refractivity contribution in [2.24, 2.45) is 0 Å². The van der Waals surface area contributed by atoms with Gasteiger partial charge in [0.15, 0.2) is 17.3 Å². The van der Waals surface area contributed by atoms with Crippen molar-refractivity contribution < 1.29 is 4.74 Å². The predicted molar refractivity (Wildman–Crippen MR) is 137 cm³/mol. The molecule has 8 nitrogen and oxygen atoms in total. The zero-order valence-electron chi connectivity index (χ0n) is 18.9. The number of fused-ring (bicyclic) bond motifs is 8. The zero-order valence-corrected chi connectivity index (χ0v) is 18.9. The second kappa shape index (κ2) is 7.13. The van der Waals surface area contributed by atoms with Gasteiger partial charge in [-0.2, -0.15) is 0 Å². The molecule has 0 radical (unpaired) electrons. The van der Waals surface area contributed by atoms with Gasteiger partial charge in [-0.15, -0.1) is 20.4 Å². The maximum atomic E-state index is 6.15. The number of hydrogen-bond acceptors (Lipinski definition) is 6. The van der Waals surface area contributed by atoms with Crippen LogP contribution >= 0.6 is 0 Å². The fourth-order valence-electron chi connectivity index (χ4n) is 5.01. The summed E-state index contributed by atoms with van der Waals surface area (Å²) >= 11 is 0. The number of hydrogen-bond donors (Lipinski definition) is 0. The van der Waals surface area contributed by atoms with Gasteiger partial charge in [-0.1, -0.05) is 36.4 Å². The Morgan fingerprint density at radius 3 is 2.00 bits per heavy atom. The summed E-state index contributed by atoms with van der Waals surface area (Å²) in [5, 5.41) is 17.4. The van der Waals surface area contributed by atoms with E-state index < -0.39 is 0 Å². The van der Waals surface area contributed by atoms with Gasteiger partial charge in [0.1, 0.15) is 6.33 Å². The Balaban J connectivity index is 1.30. The average Bonchev–Trinajstić information content (AvgIpc) is 3.60. The highest BCUT2D eigenvalue weighted by atomic mass is 16.5. The Morgan fingerprint density at radius 2 is 1.25 bits per heavy atom. The highest BCUT2D eigenvalue weighted by Crippen LogP contribution is 2.50. The van der Waals surface area contributed by atoms with Crippen LogP contribution in [0, 0.1) is 0 Å². The average molecular weight is 467 g/mol. The van der Waals surface area contributed by atoms with Gasteiger partial charge in [0.25, 0.3) is 0 Å². The molecule has 0 bridgehead atoms. The standard InChI is InChI=1S/C28H17N7O/c1-2-8-21-20(7-1)33-17-29-30-27(33)28-32-31-26(35(21)28)18-13-15-19(16-14-18)34-22-9-3-5-11-24(22)36-25-12-6-4-10-23(25)34/h1-17H. The largest absolute Gasteiger partial charge is 0.453 e. The lowest BCUT2D eigenvalue weighted by Gasteiger charge is -2.32. The summed E-state index contributed by atoms with van der Waals surface area (Å²) in [5.74, 6) is 2.40. The first-order valence-electron chi connectivity index (χ1n) is 11.6. The molecule has 0 spiro atoms. The van der Waals surface area contributed by atoms with Gasteiger partial charge in [0, 0.05) is 11.3 Å². The van der Waals surface area contributed by atoms with Crippen LogP contribution in [0.15, 0.2) is 103 Å². The van der Waals surface area contributed by atoms with Crippen LogP contribution in [0.2, 0.25) is 0 Å². The van der Waals surface area contributed by atoms with Crippen LogP contribution in [0.1, 0.15) is 0 Å². The fourth-order valence-corrected chi connectivity index (χ4v) is 5.01. The molecule has 0 N–H and O–H groups in total. The summed E-state index contributed by atoms with van der Waals surface area (Å²) in [5.41, 5.74) is 7.29. The molecule has 0 unspecified atom stereocenters. The van der Waals surface area contributed by atoms with Crippen molar-refractivity contribution >= 4 is 39.4 Å². The molecular formula is C28H17N7O. The second-order valence-electron chi connectivity index (χ2n) is 8.62. The number of para-hydroxylation sites is 6. The first kappa shape index (κ1) is 19.1. The molecule has 1 aliphatic heterocycles. The quantitative estimate of drug-likeness (QED) is 0.303. The van der Waals surface area contributed by atoms with Crippen molar-refractivity contribution in [1.29, 1.82) is 0 Å². The molecular weight excluding hydrogens is 450 g/mol. The minimum Gasteiger partial charge on any atom is -0.453 e. The lowest BCUT2D eigenvalue weighted by Crippen LogP contribution is -2.15. The topological polar surface area (TPSA) is 72.8 Å². The molecule has 4 heterocycles. The van der Waals surface area contributed by atoms with E-state index in [1.165, 1.54) is 0 Å². The molecule has 0 saturated heterocycles. The monoisotopic (exact) mass is 467 g/mol. The summed E-state index contributed by atoms with van der Waals surface area (Å²) in [4.78, 5) is 2.22. The molecule has 36 heavy (non-hydrogen) atoms. The third-order valence-electron chi connectivity index (χ3n) is 6.61. The SMILES string of the molecule is c1ccc2c(c1)Oc1ccccc1N2c1ccc(-c2nnc3c4nncn4c4ccccc4n23)cc1. The number of rotatable bonds is 2. The van der Waals surface area contributed by atoms with Crippen molar-refractivity contribution in [1.82, 2.24) is 29.2 Å². The highest BCUT2D eigenvalue weighted by Gasteiger charge is 2.25. The molecule has 0 fully saturated rings. The third-order valence-corrected chi connectivity index (χ3v) is 6.61. The number of ether oxygens (including phenoxy) is 1. The van der Waals surface area contributed by atoms with Gasteiger partial charge >= 0.3 is 0 Å². The maximum Gasteiger partial charge on any atom is 0.207 e. The van der Waals surface area contributed by atoms with Gasteiger partial charge in [-0.3, -0.25) is 8.80 Å². The number of anilines is 3. The van der Waals surface area contributed by atoms with Crippen LogP contribution in [0.3, 0.4) is 0 Å². The summed E-state index contributed by atoms with van der Waals surface area (Å²) < 4.78 is 10.1. The van der Waals surface area contributed by atoms with Gasteiger partial charge in [0.2, 0.25) is 11.3 Å². The van der Waals surface area contributed by atoms with E-state index in [4.69, 9.17) is 4.74 Å². The van der Waals surface area contributed by atoms with E-state index in [2.05, 4.69) is 67.8 Å². The Hall–Kier alpha value is -5.24. The number of aromatic nitrogens is 6.